The smallest absolute Gasteiger partial charge is 0.346 e. The molecule has 4 nitrogen and oxygen atoms in total. The number of carboxylic acids is 1. The maximum Gasteiger partial charge on any atom is 0.346 e. The predicted octanol–water partition coefficient (Wildman–Crippen LogP) is 7.43. The minimum Gasteiger partial charge on any atom is -0.477 e. The molecule has 4 rings (SSSR count). The first kappa shape index (κ1) is 21.8. The minimum absolute atomic E-state index is 0.292. The van der Waals surface area contributed by atoms with Crippen molar-refractivity contribution in [3.63, 3.8) is 0 Å². The van der Waals surface area contributed by atoms with Crippen molar-refractivity contribution in [2.45, 2.75) is 0 Å². The fraction of sp³-hybridized carbons (Fsp3) is 0. The third-order valence-corrected chi connectivity index (χ3v) is 6.04. The lowest BCUT2D eigenvalue weighted by Crippen LogP contribution is -2.09. The molecule has 0 aliphatic rings. The number of carbonyl (C=O) groups is 1. The molecule has 0 saturated carbocycles. The molecule has 0 unspecified atom stereocenters. The van der Waals surface area contributed by atoms with Gasteiger partial charge in [0.1, 0.15) is 11.6 Å². The maximum absolute atomic E-state index is 10.9. The maximum atomic E-state index is 10.9. The third-order valence-electron chi connectivity index (χ3n) is 4.94. The highest BCUT2D eigenvalue weighted by molar-refractivity contribution is 7.16. The van der Waals surface area contributed by atoms with Gasteiger partial charge in [-0.15, -0.1) is 11.3 Å². The highest BCUT2D eigenvalue weighted by atomic mass is 32.1. The Balaban J connectivity index is 1.58. The number of nitriles is 1. The largest absolute Gasteiger partial charge is 0.477 e. The van der Waals surface area contributed by atoms with E-state index in [4.69, 9.17) is 10.4 Å². The summed E-state index contributed by atoms with van der Waals surface area (Å²) in [7, 11) is 0. The lowest BCUT2D eigenvalue weighted by Gasteiger charge is -2.25. The first-order valence-corrected chi connectivity index (χ1v) is 11.1. The molecule has 33 heavy (non-hydrogen) atoms. The number of hydrogen-bond donors (Lipinski definition) is 1. The van der Waals surface area contributed by atoms with Gasteiger partial charge in [-0.1, -0.05) is 54.6 Å². The Bertz CT molecular complexity index is 1290. The van der Waals surface area contributed by atoms with Crippen molar-refractivity contribution in [2.75, 3.05) is 4.90 Å². The summed E-state index contributed by atoms with van der Waals surface area (Å²) in [6, 6.07) is 34.6. The van der Waals surface area contributed by atoms with Gasteiger partial charge < -0.3 is 10.0 Å². The molecule has 1 heterocycles. The second kappa shape index (κ2) is 10.3. The van der Waals surface area contributed by atoms with Crippen LogP contribution in [0, 0.1) is 11.3 Å². The highest BCUT2D eigenvalue weighted by Crippen LogP contribution is 2.36. The van der Waals surface area contributed by atoms with Crippen molar-refractivity contribution in [2.24, 2.45) is 0 Å². The molecule has 0 aliphatic carbocycles. The van der Waals surface area contributed by atoms with Gasteiger partial charge in [0.15, 0.2) is 0 Å². The molecule has 0 aliphatic heterocycles. The van der Waals surface area contributed by atoms with Crippen LogP contribution in [0.15, 0.2) is 115 Å². The first-order chi connectivity index (χ1) is 16.2. The zero-order valence-corrected chi connectivity index (χ0v) is 18.4. The SMILES string of the molecule is N#C/C(=C\C=C\c1ccc(-c2ccc(N(c3ccccc3)c3ccccc3)cc2)s1)C(=O)O. The van der Waals surface area contributed by atoms with E-state index in [9.17, 15) is 4.79 Å². The Morgan fingerprint density at radius 2 is 1.39 bits per heavy atom. The quantitative estimate of drug-likeness (QED) is 0.181. The van der Waals surface area contributed by atoms with Crippen LogP contribution in [0.5, 0.6) is 0 Å². The van der Waals surface area contributed by atoms with Gasteiger partial charge in [-0.3, -0.25) is 0 Å². The Labute approximate surface area is 196 Å². The number of aliphatic carboxylic acids is 1. The van der Waals surface area contributed by atoms with E-state index < -0.39 is 5.97 Å². The molecule has 0 radical (unpaired) electrons. The lowest BCUT2D eigenvalue weighted by molar-refractivity contribution is -0.132. The molecule has 0 saturated heterocycles. The monoisotopic (exact) mass is 448 g/mol. The van der Waals surface area contributed by atoms with Crippen LogP contribution in [0.4, 0.5) is 17.1 Å². The number of anilines is 3. The van der Waals surface area contributed by atoms with Gasteiger partial charge in [0.2, 0.25) is 0 Å². The van der Waals surface area contributed by atoms with Gasteiger partial charge in [-0.2, -0.15) is 5.26 Å². The number of para-hydroxylation sites is 2. The molecule has 0 atom stereocenters. The number of rotatable bonds is 7. The molecule has 5 heteroatoms. The van der Waals surface area contributed by atoms with Crippen LogP contribution < -0.4 is 4.90 Å². The number of carboxylic acid groups (broad SMARTS) is 1. The van der Waals surface area contributed by atoms with Gasteiger partial charge >= 0.3 is 5.97 Å². The Kier molecular flexibility index (Phi) is 6.79. The van der Waals surface area contributed by atoms with Crippen LogP contribution >= 0.6 is 11.3 Å². The van der Waals surface area contributed by atoms with Crippen LogP contribution in [0.1, 0.15) is 4.88 Å². The van der Waals surface area contributed by atoms with Crippen LogP contribution in [-0.4, -0.2) is 11.1 Å². The molecular weight excluding hydrogens is 428 g/mol. The van der Waals surface area contributed by atoms with Gasteiger partial charge in [0, 0.05) is 26.8 Å². The Morgan fingerprint density at radius 3 is 1.94 bits per heavy atom. The summed E-state index contributed by atoms with van der Waals surface area (Å²) in [6.07, 6.45) is 4.69. The zero-order chi connectivity index (χ0) is 23.0. The summed E-state index contributed by atoms with van der Waals surface area (Å²) in [5.74, 6) is -1.23. The van der Waals surface area contributed by atoms with Crippen LogP contribution in [0.3, 0.4) is 0 Å². The minimum atomic E-state index is -1.23. The summed E-state index contributed by atoms with van der Waals surface area (Å²) < 4.78 is 0. The lowest BCUT2D eigenvalue weighted by atomic mass is 10.1. The van der Waals surface area contributed by atoms with E-state index >= 15 is 0 Å². The van der Waals surface area contributed by atoms with E-state index in [1.54, 1.807) is 29.6 Å². The Morgan fingerprint density at radius 1 is 0.818 bits per heavy atom. The fourth-order valence-electron chi connectivity index (χ4n) is 3.37. The molecule has 160 valence electrons. The second-order valence-electron chi connectivity index (χ2n) is 7.11. The van der Waals surface area contributed by atoms with Crippen molar-refractivity contribution in [3.8, 4) is 16.5 Å². The van der Waals surface area contributed by atoms with Gasteiger partial charge in [0.05, 0.1) is 0 Å². The molecular formula is C28H20N2O2S. The molecule has 0 amide bonds. The third kappa shape index (κ3) is 5.27. The summed E-state index contributed by atoms with van der Waals surface area (Å²) in [6.45, 7) is 0. The molecule has 1 N–H and O–H groups in total. The van der Waals surface area contributed by atoms with E-state index in [1.807, 2.05) is 48.5 Å². The van der Waals surface area contributed by atoms with Crippen molar-refractivity contribution < 1.29 is 9.90 Å². The normalized spacial score (nSPS) is 11.3. The highest BCUT2D eigenvalue weighted by Gasteiger charge is 2.12. The van der Waals surface area contributed by atoms with E-state index in [1.165, 1.54) is 6.08 Å². The molecule has 4 aromatic rings. The second-order valence-corrected chi connectivity index (χ2v) is 8.23. The topological polar surface area (TPSA) is 64.3 Å². The van der Waals surface area contributed by atoms with Gasteiger partial charge in [-0.05, 0) is 66.2 Å². The molecule has 1 aromatic heterocycles. The van der Waals surface area contributed by atoms with E-state index in [0.29, 0.717) is 0 Å². The van der Waals surface area contributed by atoms with E-state index in [0.717, 1.165) is 32.4 Å². The summed E-state index contributed by atoms with van der Waals surface area (Å²) in [5, 5.41) is 17.7. The molecule has 0 spiro atoms. The molecule has 0 bridgehead atoms. The van der Waals surface area contributed by atoms with Gasteiger partial charge in [-0.25, -0.2) is 4.79 Å². The summed E-state index contributed by atoms with van der Waals surface area (Å²) >= 11 is 1.60. The molecule has 0 fully saturated rings. The van der Waals surface area contributed by atoms with Crippen LogP contribution in [0.25, 0.3) is 16.5 Å². The van der Waals surface area contributed by atoms with E-state index in [-0.39, 0.29) is 5.57 Å². The average Bonchev–Trinajstić information content (AvgIpc) is 3.32. The van der Waals surface area contributed by atoms with Crippen molar-refractivity contribution in [1.82, 2.24) is 0 Å². The Hall–Kier alpha value is -4.40. The summed E-state index contributed by atoms with van der Waals surface area (Å²) in [5.41, 5.74) is 4.05. The summed E-state index contributed by atoms with van der Waals surface area (Å²) in [4.78, 5) is 15.2. The average molecular weight is 449 g/mol. The number of hydrogen-bond acceptors (Lipinski definition) is 4. The van der Waals surface area contributed by atoms with Gasteiger partial charge in [0.25, 0.3) is 0 Å². The standard InChI is InChI=1S/C28H20N2O2S/c29-20-22(28(31)32)8-7-13-26-18-19-27(33-26)21-14-16-25(17-15-21)30(23-9-3-1-4-10-23)24-11-5-2-6-12-24/h1-19H,(H,31,32)/b13-7+,22-8+. The zero-order valence-electron chi connectivity index (χ0n) is 17.6. The van der Waals surface area contributed by atoms with Crippen molar-refractivity contribution in [1.29, 1.82) is 5.26 Å². The van der Waals surface area contributed by atoms with Crippen molar-refractivity contribution >= 4 is 40.4 Å². The van der Waals surface area contributed by atoms with Crippen LogP contribution in [-0.2, 0) is 4.79 Å². The number of benzene rings is 3. The van der Waals surface area contributed by atoms with E-state index in [2.05, 4.69) is 53.4 Å². The van der Waals surface area contributed by atoms with Crippen molar-refractivity contribution in [3.05, 3.63) is 120 Å². The molecule has 3 aromatic carbocycles. The van der Waals surface area contributed by atoms with Crippen LogP contribution in [0.2, 0.25) is 0 Å². The fourth-order valence-corrected chi connectivity index (χ4v) is 4.30. The first-order valence-electron chi connectivity index (χ1n) is 10.3. The predicted molar refractivity (Wildman–Crippen MR) is 135 cm³/mol. The number of nitrogens with zero attached hydrogens (tertiary/aromatic N) is 2. The number of allylic oxidation sites excluding steroid dienone is 2. The number of thiophene rings is 1.